The van der Waals surface area contributed by atoms with Gasteiger partial charge in [-0.2, -0.15) is 5.26 Å². The molecule has 1 aliphatic carbocycles. The van der Waals surface area contributed by atoms with Gasteiger partial charge in [-0.15, -0.1) is 0 Å². The summed E-state index contributed by atoms with van der Waals surface area (Å²) in [5, 5.41) is 9.28. The fourth-order valence-electron chi connectivity index (χ4n) is 2.84. The van der Waals surface area contributed by atoms with E-state index in [1.807, 2.05) is 0 Å². The summed E-state index contributed by atoms with van der Waals surface area (Å²) in [5.41, 5.74) is -0.0224. The summed E-state index contributed by atoms with van der Waals surface area (Å²) in [6.07, 6.45) is 4.41. The molecule has 1 fully saturated rings. The zero-order valence-electron chi connectivity index (χ0n) is 11.0. The third-order valence-electron chi connectivity index (χ3n) is 3.99. The van der Waals surface area contributed by atoms with E-state index in [-0.39, 0.29) is 11.2 Å². The van der Waals surface area contributed by atoms with Crippen LogP contribution in [0.1, 0.15) is 59.8 Å². The first-order valence-electron chi connectivity index (χ1n) is 6.20. The molecular weight excluding hydrogens is 198 g/mol. The summed E-state index contributed by atoms with van der Waals surface area (Å²) < 4.78 is 0. The third kappa shape index (κ3) is 3.07. The molecule has 1 saturated carbocycles. The minimum absolute atomic E-state index is 0.149. The SMILES string of the molecule is CC(=O)CC1(C#N)CCC(C(C)(C)C)CC1. The summed E-state index contributed by atoms with van der Waals surface area (Å²) >= 11 is 0. The van der Waals surface area contributed by atoms with Crippen LogP contribution >= 0.6 is 0 Å². The summed E-state index contributed by atoms with van der Waals surface area (Å²) in [5.74, 6) is 0.844. The van der Waals surface area contributed by atoms with Crippen molar-refractivity contribution < 1.29 is 4.79 Å². The van der Waals surface area contributed by atoms with Crippen molar-refractivity contribution in [2.75, 3.05) is 0 Å². The molecule has 0 heterocycles. The molecular formula is C14H23NO. The lowest BCUT2D eigenvalue weighted by atomic mass is 9.63. The maximum Gasteiger partial charge on any atom is 0.131 e. The first-order valence-corrected chi connectivity index (χ1v) is 6.20. The number of hydrogen-bond donors (Lipinski definition) is 0. The Morgan fingerprint density at radius 2 is 1.88 bits per heavy atom. The number of carbonyl (C=O) groups is 1. The van der Waals surface area contributed by atoms with E-state index in [1.165, 1.54) is 0 Å². The number of ketones is 1. The van der Waals surface area contributed by atoms with Gasteiger partial charge in [0.25, 0.3) is 0 Å². The van der Waals surface area contributed by atoms with E-state index in [4.69, 9.17) is 0 Å². The molecule has 0 aliphatic heterocycles. The smallest absolute Gasteiger partial charge is 0.131 e. The van der Waals surface area contributed by atoms with Crippen molar-refractivity contribution in [2.45, 2.75) is 59.8 Å². The fourth-order valence-corrected chi connectivity index (χ4v) is 2.84. The van der Waals surface area contributed by atoms with Crippen molar-refractivity contribution in [3.63, 3.8) is 0 Å². The highest BCUT2D eigenvalue weighted by Crippen LogP contribution is 2.46. The lowest BCUT2D eigenvalue weighted by Crippen LogP contribution is -2.33. The van der Waals surface area contributed by atoms with Crippen molar-refractivity contribution in [1.82, 2.24) is 0 Å². The van der Waals surface area contributed by atoms with Crippen LogP contribution in [-0.4, -0.2) is 5.78 Å². The second kappa shape index (κ2) is 4.57. The van der Waals surface area contributed by atoms with E-state index in [0.29, 0.717) is 17.8 Å². The number of Topliss-reactive ketones (excluding diaryl/α,β-unsaturated/α-hetero) is 1. The van der Waals surface area contributed by atoms with Crippen LogP contribution in [0.4, 0.5) is 0 Å². The van der Waals surface area contributed by atoms with Crippen LogP contribution in [0.3, 0.4) is 0 Å². The summed E-state index contributed by atoms with van der Waals surface area (Å²) in [4.78, 5) is 11.2. The lowest BCUT2D eigenvalue weighted by molar-refractivity contribution is -0.119. The molecule has 0 spiro atoms. The molecule has 1 aliphatic rings. The van der Waals surface area contributed by atoms with Crippen LogP contribution in [0.25, 0.3) is 0 Å². The Balaban J connectivity index is 2.65. The van der Waals surface area contributed by atoms with Crippen LogP contribution < -0.4 is 0 Å². The van der Waals surface area contributed by atoms with Crippen LogP contribution in [0.5, 0.6) is 0 Å². The highest BCUT2D eigenvalue weighted by Gasteiger charge is 2.39. The molecule has 0 atom stereocenters. The molecule has 0 aromatic rings. The van der Waals surface area contributed by atoms with E-state index in [2.05, 4.69) is 26.8 Å². The van der Waals surface area contributed by atoms with Gasteiger partial charge in [0.15, 0.2) is 0 Å². The molecule has 0 N–H and O–H groups in total. The van der Waals surface area contributed by atoms with Crippen LogP contribution in [0.2, 0.25) is 0 Å². The first-order chi connectivity index (χ1) is 7.29. The van der Waals surface area contributed by atoms with Crippen LogP contribution in [0.15, 0.2) is 0 Å². The Bertz CT molecular complexity index is 298. The van der Waals surface area contributed by atoms with Gasteiger partial charge in [0.1, 0.15) is 5.78 Å². The second-order valence-corrected chi connectivity index (χ2v) is 6.41. The second-order valence-electron chi connectivity index (χ2n) is 6.41. The molecule has 0 aromatic heterocycles. The van der Waals surface area contributed by atoms with Gasteiger partial charge in [-0.3, -0.25) is 4.79 Å². The van der Waals surface area contributed by atoms with Crippen molar-refractivity contribution in [3.05, 3.63) is 0 Å². The number of carbonyl (C=O) groups excluding carboxylic acids is 1. The molecule has 16 heavy (non-hydrogen) atoms. The van der Waals surface area contributed by atoms with Crippen LogP contribution in [0, 0.1) is 28.1 Å². The quantitative estimate of drug-likeness (QED) is 0.713. The highest BCUT2D eigenvalue weighted by molar-refractivity contribution is 5.76. The molecule has 0 bridgehead atoms. The third-order valence-corrected chi connectivity index (χ3v) is 3.99. The van der Waals surface area contributed by atoms with Crippen molar-refractivity contribution >= 4 is 5.78 Å². The molecule has 2 nitrogen and oxygen atoms in total. The maximum atomic E-state index is 11.2. The molecule has 0 amide bonds. The summed E-state index contributed by atoms with van der Waals surface area (Å²) in [6.45, 7) is 8.39. The van der Waals surface area contributed by atoms with Gasteiger partial charge in [-0.05, 0) is 43.9 Å². The van der Waals surface area contributed by atoms with Gasteiger partial charge >= 0.3 is 0 Å². The molecule has 0 saturated heterocycles. The predicted octanol–water partition coefficient (Wildman–Crippen LogP) is 3.71. The summed E-state index contributed by atoms with van der Waals surface area (Å²) in [6, 6.07) is 2.40. The molecule has 90 valence electrons. The Hall–Kier alpha value is -0.840. The minimum atomic E-state index is -0.354. The standard InChI is InChI=1S/C14H23NO/c1-11(16)9-14(10-15)7-5-12(6-8-14)13(2,3)4/h12H,5-9H2,1-4H3. The number of nitrogens with zero attached hydrogens (tertiary/aromatic N) is 1. The van der Waals surface area contributed by atoms with Crippen LogP contribution in [-0.2, 0) is 4.79 Å². The van der Waals surface area contributed by atoms with Gasteiger partial charge in [0, 0.05) is 6.42 Å². The Morgan fingerprint density at radius 1 is 1.38 bits per heavy atom. The maximum absolute atomic E-state index is 11.2. The average molecular weight is 221 g/mol. The van der Waals surface area contributed by atoms with Gasteiger partial charge in [-0.1, -0.05) is 20.8 Å². The van der Waals surface area contributed by atoms with Gasteiger partial charge in [0.2, 0.25) is 0 Å². The average Bonchev–Trinajstić information content (AvgIpc) is 2.16. The monoisotopic (exact) mass is 221 g/mol. The van der Waals surface area contributed by atoms with Crippen molar-refractivity contribution in [1.29, 1.82) is 5.26 Å². The fraction of sp³-hybridized carbons (Fsp3) is 0.857. The van der Waals surface area contributed by atoms with E-state index in [1.54, 1.807) is 6.92 Å². The van der Waals surface area contributed by atoms with Gasteiger partial charge < -0.3 is 0 Å². The summed E-state index contributed by atoms with van der Waals surface area (Å²) in [7, 11) is 0. The number of rotatable bonds is 2. The normalized spacial score (nSPS) is 30.8. The molecule has 1 rings (SSSR count). The number of nitriles is 1. The van der Waals surface area contributed by atoms with E-state index < -0.39 is 0 Å². The number of hydrogen-bond acceptors (Lipinski definition) is 2. The molecule has 0 unspecified atom stereocenters. The van der Waals surface area contributed by atoms with E-state index in [9.17, 15) is 10.1 Å². The Morgan fingerprint density at radius 3 is 2.19 bits per heavy atom. The Labute approximate surface area is 99.0 Å². The predicted molar refractivity (Wildman–Crippen MR) is 64.8 cm³/mol. The van der Waals surface area contributed by atoms with Crippen molar-refractivity contribution in [3.8, 4) is 6.07 Å². The van der Waals surface area contributed by atoms with E-state index in [0.717, 1.165) is 25.7 Å². The zero-order valence-corrected chi connectivity index (χ0v) is 11.0. The topological polar surface area (TPSA) is 40.9 Å². The first kappa shape index (κ1) is 13.2. The van der Waals surface area contributed by atoms with E-state index >= 15 is 0 Å². The zero-order chi connectivity index (χ0) is 12.4. The Kier molecular flexibility index (Phi) is 3.78. The highest BCUT2D eigenvalue weighted by atomic mass is 16.1. The molecule has 0 aromatic carbocycles. The minimum Gasteiger partial charge on any atom is -0.300 e. The molecule has 0 radical (unpaired) electrons. The molecule has 2 heteroatoms. The van der Waals surface area contributed by atoms with Crippen molar-refractivity contribution in [2.24, 2.45) is 16.7 Å². The van der Waals surface area contributed by atoms with Gasteiger partial charge in [0.05, 0.1) is 11.5 Å². The lowest BCUT2D eigenvalue weighted by Gasteiger charge is -2.40. The van der Waals surface area contributed by atoms with Gasteiger partial charge in [-0.25, -0.2) is 0 Å². The largest absolute Gasteiger partial charge is 0.300 e.